The second-order valence-electron chi connectivity index (χ2n) is 4.98. The van der Waals surface area contributed by atoms with Crippen LogP contribution in [0.5, 0.6) is 5.75 Å². The topological polar surface area (TPSA) is 22.1 Å². The Morgan fingerprint density at radius 2 is 2.25 bits per heavy atom. The minimum Gasteiger partial charge on any atom is -0.497 e. The molecule has 0 amide bonds. The standard InChI is InChI=1S/C16H20ClNOS/c1-12-16(20-11-18-12)7-6-14(10-17)8-13-4-3-5-15(9-13)19-2/h3-5,9,11,14H,6-8,10H2,1-2H3. The second-order valence-corrected chi connectivity index (χ2v) is 6.22. The van der Waals surface area contributed by atoms with Gasteiger partial charge in [0.1, 0.15) is 5.75 Å². The van der Waals surface area contributed by atoms with Crippen LogP contribution in [0.25, 0.3) is 0 Å². The Kier molecular flexibility index (Phi) is 5.86. The minimum absolute atomic E-state index is 0.491. The number of methoxy groups -OCH3 is 1. The first kappa shape index (κ1) is 15.3. The maximum atomic E-state index is 6.13. The van der Waals surface area contributed by atoms with Crippen molar-refractivity contribution in [1.82, 2.24) is 4.98 Å². The quantitative estimate of drug-likeness (QED) is 0.703. The van der Waals surface area contributed by atoms with Crippen LogP contribution in [0.15, 0.2) is 29.8 Å². The van der Waals surface area contributed by atoms with Gasteiger partial charge in [0.05, 0.1) is 18.3 Å². The van der Waals surface area contributed by atoms with Gasteiger partial charge in [-0.3, -0.25) is 0 Å². The summed E-state index contributed by atoms with van der Waals surface area (Å²) < 4.78 is 5.27. The molecule has 1 aromatic carbocycles. The van der Waals surface area contributed by atoms with E-state index in [0.29, 0.717) is 11.8 Å². The van der Waals surface area contributed by atoms with Crippen LogP contribution in [0, 0.1) is 12.8 Å². The van der Waals surface area contributed by atoms with Gasteiger partial charge in [-0.25, -0.2) is 4.98 Å². The average Bonchev–Trinajstić information content (AvgIpc) is 2.89. The zero-order chi connectivity index (χ0) is 14.4. The predicted octanol–water partition coefficient (Wildman–Crippen LogP) is 4.49. The highest BCUT2D eigenvalue weighted by molar-refractivity contribution is 7.09. The summed E-state index contributed by atoms with van der Waals surface area (Å²) in [5.74, 6) is 2.09. The summed E-state index contributed by atoms with van der Waals surface area (Å²) in [7, 11) is 1.70. The van der Waals surface area contributed by atoms with Crippen LogP contribution in [-0.2, 0) is 12.8 Å². The monoisotopic (exact) mass is 309 g/mol. The lowest BCUT2D eigenvalue weighted by Gasteiger charge is -2.14. The maximum Gasteiger partial charge on any atom is 0.119 e. The van der Waals surface area contributed by atoms with Gasteiger partial charge in [-0.15, -0.1) is 22.9 Å². The molecule has 0 saturated heterocycles. The van der Waals surface area contributed by atoms with Crippen LogP contribution in [-0.4, -0.2) is 18.0 Å². The van der Waals surface area contributed by atoms with Crippen LogP contribution < -0.4 is 4.74 Å². The molecule has 0 aliphatic carbocycles. The molecule has 1 aromatic heterocycles. The fraction of sp³-hybridized carbons (Fsp3) is 0.438. The molecule has 2 aromatic rings. The number of thiazole rings is 1. The summed E-state index contributed by atoms with van der Waals surface area (Å²) >= 11 is 7.87. The lowest BCUT2D eigenvalue weighted by atomic mass is 9.96. The van der Waals surface area contributed by atoms with Crippen molar-refractivity contribution in [2.75, 3.05) is 13.0 Å². The van der Waals surface area contributed by atoms with E-state index in [1.54, 1.807) is 18.4 Å². The first-order valence-corrected chi connectivity index (χ1v) is 8.22. The SMILES string of the molecule is COc1cccc(CC(CCl)CCc2scnc2C)c1. The fourth-order valence-electron chi connectivity index (χ4n) is 2.27. The van der Waals surface area contributed by atoms with Crippen molar-refractivity contribution in [2.24, 2.45) is 5.92 Å². The highest BCUT2D eigenvalue weighted by Crippen LogP contribution is 2.22. The van der Waals surface area contributed by atoms with Crippen LogP contribution in [0.4, 0.5) is 0 Å². The normalized spacial score (nSPS) is 12.3. The van der Waals surface area contributed by atoms with Crippen molar-refractivity contribution in [3.8, 4) is 5.75 Å². The van der Waals surface area contributed by atoms with Crippen LogP contribution >= 0.6 is 22.9 Å². The Morgan fingerprint density at radius 1 is 1.40 bits per heavy atom. The zero-order valence-electron chi connectivity index (χ0n) is 11.9. The minimum atomic E-state index is 0.491. The molecule has 0 bridgehead atoms. The molecule has 2 nitrogen and oxygen atoms in total. The Labute approximate surface area is 129 Å². The van der Waals surface area contributed by atoms with Gasteiger partial charge in [0.15, 0.2) is 0 Å². The number of aryl methyl sites for hydroxylation is 2. The first-order valence-electron chi connectivity index (χ1n) is 6.80. The number of hydrogen-bond donors (Lipinski definition) is 0. The summed E-state index contributed by atoms with van der Waals surface area (Å²) in [5, 5.41) is 0. The van der Waals surface area contributed by atoms with Crippen LogP contribution in [0.3, 0.4) is 0 Å². The molecule has 2 rings (SSSR count). The van der Waals surface area contributed by atoms with E-state index in [1.165, 1.54) is 10.4 Å². The molecule has 0 saturated carbocycles. The molecular weight excluding hydrogens is 290 g/mol. The summed E-state index contributed by atoms with van der Waals surface area (Å²) in [5.41, 5.74) is 4.36. The highest BCUT2D eigenvalue weighted by atomic mass is 35.5. The molecule has 0 aliphatic rings. The second kappa shape index (κ2) is 7.65. The molecule has 4 heteroatoms. The third kappa shape index (κ3) is 4.22. The summed E-state index contributed by atoms with van der Waals surface area (Å²) in [4.78, 5) is 5.68. The van der Waals surface area contributed by atoms with E-state index < -0.39 is 0 Å². The smallest absolute Gasteiger partial charge is 0.119 e. The summed E-state index contributed by atoms with van der Waals surface area (Å²) in [6, 6.07) is 8.24. The van der Waals surface area contributed by atoms with Gasteiger partial charge in [-0.2, -0.15) is 0 Å². The molecule has 1 unspecified atom stereocenters. The van der Waals surface area contributed by atoms with E-state index in [9.17, 15) is 0 Å². The summed E-state index contributed by atoms with van der Waals surface area (Å²) in [6.45, 7) is 2.07. The lowest BCUT2D eigenvalue weighted by Crippen LogP contribution is -2.08. The van der Waals surface area contributed by atoms with Crippen LogP contribution in [0.1, 0.15) is 22.6 Å². The molecule has 0 fully saturated rings. The van der Waals surface area contributed by atoms with Crippen molar-refractivity contribution >= 4 is 22.9 Å². The van der Waals surface area contributed by atoms with Gasteiger partial charge in [0, 0.05) is 10.8 Å². The van der Waals surface area contributed by atoms with E-state index in [1.807, 2.05) is 17.6 Å². The molecular formula is C16H20ClNOS. The van der Waals surface area contributed by atoms with Gasteiger partial charge in [0.2, 0.25) is 0 Å². The van der Waals surface area contributed by atoms with Crippen LogP contribution in [0.2, 0.25) is 0 Å². The largest absolute Gasteiger partial charge is 0.497 e. The zero-order valence-corrected chi connectivity index (χ0v) is 13.5. The Bertz CT molecular complexity index is 541. The van der Waals surface area contributed by atoms with Crippen molar-refractivity contribution < 1.29 is 4.74 Å². The Balaban J connectivity index is 1.93. The predicted molar refractivity (Wildman–Crippen MR) is 86.1 cm³/mol. The number of ether oxygens (including phenoxy) is 1. The van der Waals surface area contributed by atoms with Crippen molar-refractivity contribution in [3.63, 3.8) is 0 Å². The van der Waals surface area contributed by atoms with Gasteiger partial charge in [-0.1, -0.05) is 12.1 Å². The third-order valence-electron chi connectivity index (χ3n) is 3.50. The van der Waals surface area contributed by atoms with E-state index in [-0.39, 0.29) is 0 Å². The van der Waals surface area contributed by atoms with E-state index in [2.05, 4.69) is 24.0 Å². The van der Waals surface area contributed by atoms with Crippen molar-refractivity contribution in [1.29, 1.82) is 0 Å². The lowest BCUT2D eigenvalue weighted by molar-refractivity contribution is 0.413. The fourth-order valence-corrected chi connectivity index (χ4v) is 3.33. The molecule has 0 radical (unpaired) electrons. The van der Waals surface area contributed by atoms with E-state index in [0.717, 1.165) is 30.7 Å². The number of hydrogen-bond acceptors (Lipinski definition) is 3. The molecule has 1 atom stereocenters. The first-order chi connectivity index (χ1) is 9.72. The van der Waals surface area contributed by atoms with E-state index >= 15 is 0 Å². The number of alkyl halides is 1. The Morgan fingerprint density at radius 3 is 2.90 bits per heavy atom. The van der Waals surface area contributed by atoms with Gasteiger partial charge in [0.25, 0.3) is 0 Å². The molecule has 0 spiro atoms. The molecule has 20 heavy (non-hydrogen) atoms. The number of benzene rings is 1. The van der Waals surface area contributed by atoms with Crippen molar-refractivity contribution in [2.45, 2.75) is 26.2 Å². The van der Waals surface area contributed by atoms with Crippen molar-refractivity contribution in [3.05, 3.63) is 45.9 Å². The molecule has 0 aliphatic heterocycles. The Hall–Kier alpha value is -1.06. The average molecular weight is 310 g/mol. The molecule has 1 heterocycles. The number of aromatic nitrogens is 1. The molecule has 108 valence electrons. The number of rotatable bonds is 7. The third-order valence-corrected chi connectivity index (χ3v) is 4.93. The summed E-state index contributed by atoms with van der Waals surface area (Å²) in [6.07, 6.45) is 3.17. The van der Waals surface area contributed by atoms with Gasteiger partial charge >= 0.3 is 0 Å². The molecule has 0 N–H and O–H groups in total. The number of nitrogens with zero attached hydrogens (tertiary/aromatic N) is 1. The maximum absolute atomic E-state index is 6.13. The van der Waals surface area contributed by atoms with Gasteiger partial charge < -0.3 is 4.74 Å². The van der Waals surface area contributed by atoms with Gasteiger partial charge in [-0.05, 0) is 49.8 Å². The number of halogens is 1. The highest BCUT2D eigenvalue weighted by Gasteiger charge is 2.11. The van der Waals surface area contributed by atoms with E-state index in [4.69, 9.17) is 16.3 Å².